The lowest BCUT2D eigenvalue weighted by atomic mass is 10.2. The molecule has 0 aliphatic carbocycles. The molecule has 14 heavy (non-hydrogen) atoms. The lowest BCUT2D eigenvalue weighted by Crippen LogP contribution is -1.90. The van der Waals surface area contributed by atoms with Crippen LogP contribution < -0.4 is 0 Å². The van der Waals surface area contributed by atoms with Crippen molar-refractivity contribution in [2.75, 3.05) is 0 Å². The Hall–Kier alpha value is -1.04. The first kappa shape index (κ1) is 9.51. The van der Waals surface area contributed by atoms with Crippen molar-refractivity contribution in [3.05, 3.63) is 46.2 Å². The van der Waals surface area contributed by atoms with E-state index in [0.717, 1.165) is 3.57 Å². The second kappa shape index (κ2) is 4.00. The van der Waals surface area contributed by atoms with Gasteiger partial charge in [0.2, 0.25) is 0 Å². The highest BCUT2D eigenvalue weighted by atomic mass is 127. The van der Waals surface area contributed by atoms with Gasteiger partial charge in [-0.1, -0.05) is 0 Å². The number of pyridine rings is 2. The van der Waals surface area contributed by atoms with Crippen LogP contribution in [0.2, 0.25) is 0 Å². The Morgan fingerprint density at radius 3 is 2.79 bits per heavy atom. The molecule has 0 aromatic carbocycles. The van der Waals surface area contributed by atoms with Crippen LogP contribution in [-0.2, 0) is 0 Å². The zero-order valence-electron chi connectivity index (χ0n) is 7.11. The summed E-state index contributed by atoms with van der Waals surface area (Å²) < 4.78 is 14.2. The highest BCUT2D eigenvalue weighted by Crippen LogP contribution is 2.20. The van der Waals surface area contributed by atoms with Gasteiger partial charge in [-0.3, -0.25) is 9.97 Å². The van der Waals surface area contributed by atoms with E-state index in [1.54, 1.807) is 30.7 Å². The summed E-state index contributed by atoms with van der Waals surface area (Å²) in [5, 5.41) is 0. The average molecular weight is 300 g/mol. The molecule has 0 radical (unpaired) electrons. The molecular formula is C10H6FIN2. The number of aromatic nitrogens is 2. The Morgan fingerprint density at radius 2 is 2.14 bits per heavy atom. The molecule has 0 amide bonds. The summed E-state index contributed by atoms with van der Waals surface area (Å²) in [6.45, 7) is 0. The molecule has 0 aliphatic rings. The van der Waals surface area contributed by atoms with Gasteiger partial charge in [0.05, 0.1) is 0 Å². The molecule has 0 N–H and O–H groups in total. The fourth-order valence-electron chi connectivity index (χ4n) is 1.13. The van der Waals surface area contributed by atoms with E-state index in [2.05, 4.69) is 9.97 Å². The van der Waals surface area contributed by atoms with Crippen molar-refractivity contribution in [3.8, 4) is 11.3 Å². The molecule has 4 heteroatoms. The van der Waals surface area contributed by atoms with Crippen LogP contribution >= 0.6 is 22.6 Å². The van der Waals surface area contributed by atoms with E-state index < -0.39 is 0 Å². The molecule has 0 unspecified atom stereocenters. The maximum Gasteiger partial charge on any atom is 0.150 e. The van der Waals surface area contributed by atoms with Crippen LogP contribution in [0.3, 0.4) is 0 Å². The Balaban J connectivity index is 2.53. The molecule has 2 nitrogen and oxygen atoms in total. The molecular weight excluding hydrogens is 294 g/mol. The van der Waals surface area contributed by atoms with Gasteiger partial charge < -0.3 is 0 Å². The van der Waals surface area contributed by atoms with Gasteiger partial charge in [-0.2, -0.15) is 0 Å². The first-order chi connectivity index (χ1) is 6.77. The van der Waals surface area contributed by atoms with Gasteiger partial charge in [0.1, 0.15) is 5.69 Å². The molecule has 0 saturated carbocycles. The SMILES string of the molecule is Fc1cc(I)cnc1-c1cccnc1. The van der Waals surface area contributed by atoms with Crippen molar-refractivity contribution in [2.45, 2.75) is 0 Å². The largest absolute Gasteiger partial charge is 0.264 e. The summed E-state index contributed by atoms with van der Waals surface area (Å²) in [5.74, 6) is -0.315. The van der Waals surface area contributed by atoms with Crippen LogP contribution in [0.15, 0.2) is 36.8 Å². The van der Waals surface area contributed by atoms with Crippen molar-refractivity contribution in [3.63, 3.8) is 0 Å². The second-order valence-corrected chi connectivity index (χ2v) is 3.97. The Labute approximate surface area is 94.4 Å². The van der Waals surface area contributed by atoms with Gasteiger partial charge in [-0.05, 0) is 40.8 Å². The number of hydrogen-bond acceptors (Lipinski definition) is 2. The van der Waals surface area contributed by atoms with Crippen molar-refractivity contribution in [1.29, 1.82) is 0 Å². The Kier molecular flexibility index (Phi) is 2.72. The van der Waals surface area contributed by atoms with Gasteiger partial charge in [-0.15, -0.1) is 0 Å². The molecule has 2 aromatic heterocycles. The minimum absolute atomic E-state index is 0.315. The monoisotopic (exact) mass is 300 g/mol. The van der Waals surface area contributed by atoms with Crippen molar-refractivity contribution in [2.24, 2.45) is 0 Å². The van der Waals surface area contributed by atoms with Crippen LogP contribution in [0.5, 0.6) is 0 Å². The van der Waals surface area contributed by atoms with E-state index in [0.29, 0.717) is 11.3 Å². The molecule has 2 aromatic rings. The third-order valence-electron chi connectivity index (χ3n) is 1.74. The van der Waals surface area contributed by atoms with E-state index in [9.17, 15) is 4.39 Å². The Bertz CT molecular complexity index is 445. The molecule has 70 valence electrons. The summed E-state index contributed by atoms with van der Waals surface area (Å²) in [5.41, 5.74) is 1.04. The molecule has 0 atom stereocenters. The van der Waals surface area contributed by atoms with Crippen LogP contribution in [0.25, 0.3) is 11.3 Å². The van der Waals surface area contributed by atoms with Gasteiger partial charge in [0.15, 0.2) is 5.82 Å². The van der Waals surface area contributed by atoms with E-state index in [-0.39, 0.29) is 5.82 Å². The summed E-state index contributed by atoms with van der Waals surface area (Å²) in [4.78, 5) is 7.94. The average Bonchev–Trinajstić information content (AvgIpc) is 2.19. The smallest absolute Gasteiger partial charge is 0.150 e. The van der Waals surface area contributed by atoms with Gasteiger partial charge in [0.25, 0.3) is 0 Å². The quantitative estimate of drug-likeness (QED) is 0.757. The number of nitrogens with zero attached hydrogens (tertiary/aromatic N) is 2. The zero-order valence-corrected chi connectivity index (χ0v) is 9.27. The van der Waals surface area contributed by atoms with Gasteiger partial charge >= 0.3 is 0 Å². The second-order valence-electron chi connectivity index (χ2n) is 2.73. The number of hydrogen-bond donors (Lipinski definition) is 0. The van der Waals surface area contributed by atoms with Crippen LogP contribution in [0, 0.1) is 9.39 Å². The predicted molar refractivity (Wildman–Crippen MR) is 60.1 cm³/mol. The molecule has 2 rings (SSSR count). The van der Waals surface area contributed by atoms with Crippen molar-refractivity contribution < 1.29 is 4.39 Å². The lowest BCUT2D eigenvalue weighted by Gasteiger charge is -2.01. The van der Waals surface area contributed by atoms with Gasteiger partial charge in [-0.25, -0.2) is 4.39 Å². The third-order valence-corrected chi connectivity index (χ3v) is 2.33. The maximum atomic E-state index is 13.4. The van der Waals surface area contributed by atoms with E-state index >= 15 is 0 Å². The van der Waals surface area contributed by atoms with E-state index in [4.69, 9.17) is 0 Å². The zero-order chi connectivity index (χ0) is 9.97. The third kappa shape index (κ3) is 1.89. The lowest BCUT2D eigenvalue weighted by molar-refractivity contribution is 0.624. The topological polar surface area (TPSA) is 25.8 Å². The highest BCUT2D eigenvalue weighted by molar-refractivity contribution is 14.1. The summed E-state index contributed by atoms with van der Waals surface area (Å²) >= 11 is 2.02. The van der Waals surface area contributed by atoms with Crippen LogP contribution in [0.4, 0.5) is 4.39 Å². The van der Waals surface area contributed by atoms with Crippen LogP contribution in [-0.4, -0.2) is 9.97 Å². The van der Waals surface area contributed by atoms with Crippen molar-refractivity contribution in [1.82, 2.24) is 9.97 Å². The first-order valence-electron chi connectivity index (χ1n) is 3.99. The summed E-state index contributed by atoms with van der Waals surface area (Å²) in [6.07, 6.45) is 4.87. The molecule has 0 fully saturated rings. The fraction of sp³-hybridized carbons (Fsp3) is 0. The molecule has 0 saturated heterocycles. The fourth-order valence-corrected chi connectivity index (χ4v) is 1.54. The standard InChI is InChI=1S/C10H6FIN2/c11-9-4-8(12)6-14-10(9)7-2-1-3-13-5-7/h1-6H. The summed E-state index contributed by atoms with van der Waals surface area (Å²) in [6, 6.07) is 5.00. The van der Waals surface area contributed by atoms with Crippen LogP contribution in [0.1, 0.15) is 0 Å². The van der Waals surface area contributed by atoms with Gasteiger partial charge in [0, 0.05) is 27.7 Å². The number of rotatable bonds is 1. The Morgan fingerprint density at radius 1 is 1.29 bits per heavy atom. The number of halogens is 2. The molecule has 0 bridgehead atoms. The molecule has 0 spiro atoms. The normalized spacial score (nSPS) is 10.1. The van der Waals surface area contributed by atoms with E-state index in [1.165, 1.54) is 6.07 Å². The molecule has 2 heterocycles. The first-order valence-corrected chi connectivity index (χ1v) is 5.06. The van der Waals surface area contributed by atoms with E-state index in [1.807, 2.05) is 22.6 Å². The molecule has 0 aliphatic heterocycles. The highest BCUT2D eigenvalue weighted by Gasteiger charge is 2.06. The maximum absolute atomic E-state index is 13.4. The predicted octanol–water partition coefficient (Wildman–Crippen LogP) is 2.89. The summed E-state index contributed by atoms with van der Waals surface area (Å²) in [7, 11) is 0. The minimum Gasteiger partial charge on any atom is -0.264 e. The van der Waals surface area contributed by atoms with Crippen molar-refractivity contribution >= 4 is 22.6 Å². The minimum atomic E-state index is -0.315.